The van der Waals surface area contributed by atoms with Crippen LogP contribution in [0.4, 0.5) is 8.78 Å². The van der Waals surface area contributed by atoms with Crippen molar-refractivity contribution in [3.05, 3.63) is 35.9 Å². The molecule has 94 heavy (non-hydrogen) atoms. The third-order valence-corrected chi connectivity index (χ3v) is 17.6. The van der Waals surface area contributed by atoms with Gasteiger partial charge in [-0.3, -0.25) is 58.8 Å². The van der Waals surface area contributed by atoms with Crippen LogP contribution in [0.15, 0.2) is 30.3 Å². The number of carbonyl (C=O) groups is 11. The number of aliphatic hydroxyl groups excluding tert-OH is 1. The quantitative estimate of drug-likeness (QED) is 0.0155. The Hall–Kier alpha value is -8.29. The van der Waals surface area contributed by atoms with Gasteiger partial charge in [0.25, 0.3) is 0 Å². The van der Waals surface area contributed by atoms with Crippen LogP contribution in [-0.4, -0.2) is 187 Å². The van der Waals surface area contributed by atoms with E-state index in [-0.39, 0.29) is 70.0 Å². The van der Waals surface area contributed by atoms with E-state index in [0.717, 1.165) is 5.56 Å². The molecule has 10 amide bonds. The van der Waals surface area contributed by atoms with Crippen LogP contribution in [-0.2, 0) is 63.9 Å². The van der Waals surface area contributed by atoms with E-state index in [0.29, 0.717) is 19.3 Å². The standard InChI is InChI=1S/C62H103F2N17O13/c1-12-31(5)44(77-52(86)41(69-11)27-37-21-17-16-18-22-37)54(88)74-39(23-19-25-70-60(65)66)50(84)73-40(24-20-26-71-61(67)68)51(85)76-46(33(7)14-3)56(90)78-45(32(6)13-2)55(89)75-42(30-82)53(87)79-48-36(10)94-58(92)47(34(8)15-4)80-59(93)62(29-38(62)28-43(63)64)81-49(83)35(9)72-57(48)91/h16-18,21-22,31-36,38-48,69,82H,12-15,19-20,23-30H2,1-11H3,(H,72,91)(H,73,84)(H,74,88)(H,75,89)(H,76,85)(H,77,86)(H,78,90)(H,79,87)(H,80,93)(H,81,83)(H4,65,66,70)(H4,67,68,71)/t31-,32-,33-,34-,35-,36-,38?,39-,40+,41+,42-,44-,45-,46+,47-,48+,62?/m0/s1. The number of likely N-dealkylation sites (N-methyl/N-ethyl adjacent to an activating group) is 1. The molecule has 1 aromatic rings. The normalized spacial score (nSPS) is 22.5. The molecule has 2 aliphatic rings. The van der Waals surface area contributed by atoms with Crippen molar-refractivity contribution in [3.8, 4) is 0 Å². The van der Waals surface area contributed by atoms with Gasteiger partial charge in [0, 0.05) is 19.5 Å². The fourth-order valence-corrected chi connectivity index (χ4v) is 10.5. The lowest BCUT2D eigenvalue weighted by atomic mass is 9.94. The average molecular weight is 1330 g/mol. The molecule has 0 aromatic heterocycles. The molecule has 17 atom stereocenters. The van der Waals surface area contributed by atoms with Crippen molar-refractivity contribution in [2.24, 2.45) is 41.1 Å². The van der Waals surface area contributed by atoms with Crippen molar-refractivity contribution in [1.82, 2.24) is 69.1 Å². The molecule has 2 fully saturated rings. The highest BCUT2D eigenvalue weighted by molar-refractivity contribution is 6.01. The molecule has 32 heteroatoms. The van der Waals surface area contributed by atoms with E-state index in [9.17, 15) is 66.6 Å². The number of alkyl halides is 2. The van der Waals surface area contributed by atoms with Crippen LogP contribution in [0.5, 0.6) is 0 Å². The molecule has 1 heterocycles. The van der Waals surface area contributed by atoms with Gasteiger partial charge in [-0.25, -0.2) is 13.6 Å². The van der Waals surface area contributed by atoms with Gasteiger partial charge in [-0.05, 0) is 94.6 Å². The lowest BCUT2D eigenvalue weighted by molar-refractivity contribution is -0.157. The number of esters is 1. The van der Waals surface area contributed by atoms with E-state index in [2.05, 4.69) is 69.1 Å². The molecular formula is C62H103F2N17O13. The van der Waals surface area contributed by atoms with E-state index in [4.69, 9.17) is 27.0 Å². The van der Waals surface area contributed by atoms with Crippen molar-refractivity contribution in [3.63, 3.8) is 0 Å². The average Bonchev–Trinajstić information content (AvgIpc) is 1.58. The summed E-state index contributed by atoms with van der Waals surface area (Å²) in [6, 6.07) is -4.79. The van der Waals surface area contributed by atoms with Gasteiger partial charge < -0.3 is 90.4 Å². The Kier molecular flexibility index (Phi) is 33.0. The van der Waals surface area contributed by atoms with Gasteiger partial charge in [0.05, 0.1) is 12.6 Å². The van der Waals surface area contributed by atoms with Crippen molar-refractivity contribution >= 4 is 77.0 Å². The molecule has 1 saturated carbocycles. The Morgan fingerprint density at radius 1 is 0.649 bits per heavy atom. The fourth-order valence-electron chi connectivity index (χ4n) is 10.5. The Morgan fingerprint density at radius 2 is 1.11 bits per heavy atom. The second-order valence-electron chi connectivity index (χ2n) is 24.7. The van der Waals surface area contributed by atoms with Crippen molar-refractivity contribution in [1.29, 1.82) is 10.8 Å². The highest BCUT2D eigenvalue weighted by Crippen LogP contribution is 2.48. The number of guanidine groups is 2. The minimum atomic E-state index is -2.83. The maximum absolute atomic E-state index is 14.7. The molecular weight excluding hydrogens is 1230 g/mol. The first-order valence-corrected chi connectivity index (χ1v) is 32.4. The summed E-state index contributed by atoms with van der Waals surface area (Å²) in [4.78, 5) is 156. The van der Waals surface area contributed by atoms with Crippen LogP contribution in [0.1, 0.15) is 139 Å². The summed E-state index contributed by atoms with van der Waals surface area (Å²) in [6.45, 7) is 15.2. The molecule has 30 nitrogen and oxygen atoms in total. The van der Waals surface area contributed by atoms with Gasteiger partial charge in [0.15, 0.2) is 11.9 Å². The predicted molar refractivity (Wildman–Crippen MR) is 344 cm³/mol. The summed E-state index contributed by atoms with van der Waals surface area (Å²) in [5.41, 5.74) is 10.1. The Labute approximate surface area is 548 Å². The van der Waals surface area contributed by atoms with Crippen LogP contribution in [0.2, 0.25) is 0 Å². The third-order valence-electron chi connectivity index (χ3n) is 17.6. The number of rotatable bonds is 36. The largest absolute Gasteiger partial charge is 0.458 e. The first-order chi connectivity index (χ1) is 44.3. The molecule has 0 radical (unpaired) electrons. The van der Waals surface area contributed by atoms with Crippen LogP contribution < -0.4 is 80.6 Å². The number of benzene rings is 1. The topological polar surface area (TPSA) is 473 Å². The maximum Gasteiger partial charge on any atom is 0.329 e. The molecule has 1 aliphatic carbocycles. The number of amides is 10. The summed E-state index contributed by atoms with van der Waals surface area (Å²) >= 11 is 0. The third kappa shape index (κ3) is 24.2. The Balaban J connectivity index is 1.94. The maximum atomic E-state index is 14.7. The number of aliphatic hydroxyl groups is 1. The number of nitrogens with two attached hydrogens (primary N) is 2. The van der Waals surface area contributed by atoms with Gasteiger partial charge in [0.2, 0.25) is 65.5 Å². The first-order valence-electron chi connectivity index (χ1n) is 32.4. The fraction of sp³-hybridized carbons (Fsp3) is 0.694. The minimum absolute atomic E-state index is 0.0517. The number of ether oxygens (including phenoxy) is 1. The SMILES string of the molecule is CC[C@H](C)[C@H](NC(=O)[C@@H](Cc1ccccc1)NC)C(=O)N[C@@H](CCCNC(=N)N)C(=O)N[C@H](CCCNC(=N)N)C(=O)N[C@@H](C(=O)N[C@H](C(=O)N[C@@H](CO)C(=O)N[C@H]1C(=O)N[C@@H](C)C(=O)NC2(CC2CC(F)F)C(=O)N[C@@H]([C@@H](C)CC)C(=O)O[C@H]1C)[C@@H](C)CC)[C@@H](C)CC. The van der Waals surface area contributed by atoms with E-state index in [1.165, 1.54) is 13.8 Å². The predicted octanol–water partition coefficient (Wildman–Crippen LogP) is -1.62. The lowest BCUT2D eigenvalue weighted by Crippen LogP contribution is -2.63. The molecule has 1 saturated heterocycles. The summed E-state index contributed by atoms with van der Waals surface area (Å²) in [5.74, 6) is -14.1. The molecule has 3 rings (SSSR count). The smallest absolute Gasteiger partial charge is 0.329 e. The highest BCUT2D eigenvalue weighted by atomic mass is 19.3. The summed E-state index contributed by atoms with van der Waals surface area (Å²) < 4.78 is 32.9. The number of hydrogen-bond acceptors (Lipinski definition) is 16. The van der Waals surface area contributed by atoms with Gasteiger partial charge in [-0.15, -0.1) is 0 Å². The molecule has 0 bridgehead atoms. The van der Waals surface area contributed by atoms with Crippen molar-refractivity contribution < 1.29 is 71.4 Å². The van der Waals surface area contributed by atoms with E-state index in [1.807, 2.05) is 37.3 Å². The van der Waals surface area contributed by atoms with Crippen molar-refractivity contribution in [2.75, 3.05) is 26.7 Å². The first kappa shape index (κ1) is 79.9. The van der Waals surface area contributed by atoms with Gasteiger partial charge >= 0.3 is 5.97 Å². The molecule has 1 aliphatic heterocycles. The van der Waals surface area contributed by atoms with Crippen LogP contribution >= 0.6 is 0 Å². The summed E-state index contributed by atoms with van der Waals surface area (Å²) in [7, 11) is 1.62. The minimum Gasteiger partial charge on any atom is -0.458 e. The number of hydrogen-bond donors (Lipinski definition) is 18. The number of cyclic esters (lactones) is 1. The zero-order valence-electron chi connectivity index (χ0n) is 55.9. The van der Waals surface area contributed by atoms with Gasteiger partial charge in [0.1, 0.15) is 66.0 Å². The van der Waals surface area contributed by atoms with Gasteiger partial charge in [-0.2, -0.15) is 0 Å². The van der Waals surface area contributed by atoms with Crippen LogP contribution in [0, 0.1) is 40.4 Å². The molecule has 2 unspecified atom stereocenters. The summed E-state index contributed by atoms with van der Waals surface area (Å²) in [6.07, 6.45) is -3.59. The molecule has 1 spiro atoms. The highest BCUT2D eigenvalue weighted by Gasteiger charge is 2.62. The van der Waals surface area contributed by atoms with Gasteiger partial charge in [-0.1, -0.05) is 111 Å². The van der Waals surface area contributed by atoms with E-state index < -0.39 is 186 Å². The van der Waals surface area contributed by atoms with Crippen molar-refractivity contribution in [2.45, 2.75) is 218 Å². The van der Waals surface area contributed by atoms with Crippen LogP contribution in [0.25, 0.3) is 0 Å². The zero-order chi connectivity index (χ0) is 70.7. The second-order valence-corrected chi connectivity index (χ2v) is 24.7. The number of carbonyl (C=O) groups excluding carboxylic acids is 11. The number of halogens is 2. The molecule has 1 aromatic carbocycles. The number of nitrogens with one attached hydrogen (secondary N) is 15. The lowest BCUT2D eigenvalue weighted by Gasteiger charge is -2.31. The van der Waals surface area contributed by atoms with E-state index >= 15 is 0 Å². The van der Waals surface area contributed by atoms with E-state index in [1.54, 1.807) is 55.5 Å². The Morgan fingerprint density at radius 3 is 1.56 bits per heavy atom. The zero-order valence-corrected chi connectivity index (χ0v) is 55.9. The van der Waals surface area contributed by atoms with Crippen LogP contribution in [0.3, 0.4) is 0 Å². The monoisotopic (exact) mass is 1330 g/mol. The summed E-state index contributed by atoms with van der Waals surface area (Å²) in [5, 5.41) is 60.2. The second kappa shape index (κ2) is 38.8. The molecule has 20 N–H and O–H groups in total. The Bertz CT molecular complexity index is 2770. The molecule has 528 valence electrons.